The van der Waals surface area contributed by atoms with Crippen LogP contribution >= 0.6 is 11.7 Å². The molecule has 2 aromatic rings. The lowest BCUT2D eigenvalue weighted by Gasteiger charge is -2.34. The minimum Gasteiger partial charge on any atom is -0.455 e. The molecular weight excluding hydrogens is 380 g/mol. The minimum atomic E-state index is -0.429. The van der Waals surface area contributed by atoms with Gasteiger partial charge in [0, 0.05) is 18.5 Å². The SMILES string of the molecule is CC(C)(C)C(=O)N1CCC(C(=O)OCC(=O)Nc2cccc3nsnc23)CC1. The number of nitrogens with zero attached hydrogens (tertiary/aromatic N) is 3. The van der Waals surface area contributed by atoms with Crippen LogP contribution in [0.25, 0.3) is 11.0 Å². The van der Waals surface area contributed by atoms with E-state index in [1.807, 2.05) is 26.8 Å². The molecule has 1 fully saturated rings. The summed E-state index contributed by atoms with van der Waals surface area (Å²) < 4.78 is 13.5. The van der Waals surface area contributed by atoms with Gasteiger partial charge in [0.25, 0.3) is 5.91 Å². The molecule has 28 heavy (non-hydrogen) atoms. The molecule has 0 spiro atoms. The number of piperidine rings is 1. The van der Waals surface area contributed by atoms with Crippen LogP contribution in [0.4, 0.5) is 5.69 Å². The Balaban J connectivity index is 1.46. The quantitative estimate of drug-likeness (QED) is 0.786. The van der Waals surface area contributed by atoms with Gasteiger partial charge in [-0.15, -0.1) is 0 Å². The lowest BCUT2D eigenvalue weighted by molar-refractivity contribution is -0.155. The van der Waals surface area contributed by atoms with Crippen molar-refractivity contribution in [1.29, 1.82) is 0 Å². The molecule has 0 bridgehead atoms. The zero-order chi connectivity index (χ0) is 20.3. The summed E-state index contributed by atoms with van der Waals surface area (Å²) in [7, 11) is 0. The molecule has 3 rings (SSSR count). The molecule has 1 aliphatic heterocycles. The zero-order valence-electron chi connectivity index (χ0n) is 16.2. The second kappa shape index (κ2) is 8.22. The fourth-order valence-electron chi connectivity index (χ4n) is 3.14. The van der Waals surface area contributed by atoms with Gasteiger partial charge in [-0.05, 0) is 25.0 Å². The van der Waals surface area contributed by atoms with Crippen LogP contribution in [0.3, 0.4) is 0 Å². The number of amides is 2. The molecule has 1 aliphatic rings. The summed E-state index contributed by atoms with van der Waals surface area (Å²) in [4.78, 5) is 38.5. The van der Waals surface area contributed by atoms with Gasteiger partial charge in [-0.1, -0.05) is 26.8 Å². The normalized spacial score (nSPS) is 15.5. The Kier molecular flexibility index (Phi) is 5.93. The van der Waals surface area contributed by atoms with Crippen LogP contribution in [-0.4, -0.2) is 51.1 Å². The Hall–Kier alpha value is -2.55. The molecule has 150 valence electrons. The smallest absolute Gasteiger partial charge is 0.309 e. The molecule has 9 heteroatoms. The molecule has 0 atom stereocenters. The summed E-state index contributed by atoms with van der Waals surface area (Å²) in [6.07, 6.45) is 1.10. The first-order chi connectivity index (χ1) is 13.3. The van der Waals surface area contributed by atoms with Crippen LogP contribution < -0.4 is 5.32 Å². The van der Waals surface area contributed by atoms with Gasteiger partial charge in [-0.3, -0.25) is 14.4 Å². The fourth-order valence-corrected chi connectivity index (χ4v) is 3.69. The maximum absolute atomic E-state index is 12.3. The number of hydrogen-bond donors (Lipinski definition) is 1. The third kappa shape index (κ3) is 4.64. The number of carbonyl (C=O) groups is 3. The topological polar surface area (TPSA) is 101 Å². The van der Waals surface area contributed by atoms with Crippen molar-refractivity contribution in [3.8, 4) is 0 Å². The van der Waals surface area contributed by atoms with Crippen molar-refractivity contribution < 1.29 is 19.1 Å². The van der Waals surface area contributed by atoms with Crippen molar-refractivity contribution in [2.75, 3.05) is 25.0 Å². The van der Waals surface area contributed by atoms with Gasteiger partial charge in [0.05, 0.1) is 23.3 Å². The van der Waals surface area contributed by atoms with Gasteiger partial charge in [0.1, 0.15) is 11.0 Å². The summed E-state index contributed by atoms with van der Waals surface area (Å²) in [5, 5.41) is 2.70. The van der Waals surface area contributed by atoms with Crippen LogP contribution in [0.2, 0.25) is 0 Å². The second-order valence-electron chi connectivity index (χ2n) is 7.91. The lowest BCUT2D eigenvalue weighted by atomic mass is 9.91. The zero-order valence-corrected chi connectivity index (χ0v) is 17.0. The number of carbonyl (C=O) groups excluding carboxylic acids is 3. The number of likely N-dealkylation sites (tertiary alicyclic amines) is 1. The average Bonchev–Trinajstić information content (AvgIpc) is 3.15. The number of rotatable bonds is 4. The lowest BCUT2D eigenvalue weighted by Crippen LogP contribution is -2.45. The van der Waals surface area contributed by atoms with E-state index < -0.39 is 17.3 Å². The van der Waals surface area contributed by atoms with Crippen molar-refractivity contribution in [2.45, 2.75) is 33.6 Å². The van der Waals surface area contributed by atoms with E-state index in [4.69, 9.17) is 4.74 Å². The van der Waals surface area contributed by atoms with Crippen molar-refractivity contribution >= 4 is 46.2 Å². The third-order valence-electron chi connectivity index (χ3n) is 4.66. The molecule has 8 nitrogen and oxygen atoms in total. The molecule has 1 aromatic heterocycles. The van der Waals surface area contributed by atoms with E-state index in [1.54, 1.807) is 17.0 Å². The number of benzene rings is 1. The highest BCUT2D eigenvalue weighted by atomic mass is 32.1. The van der Waals surface area contributed by atoms with Gasteiger partial charge in [-0.25, -0.2) is 0 Å². The fraction of sp³-hybridized carbons (Fsp3) is 0.526. The summed E-state index contributed by atoms with van der Waals surface area (Å²) >= 11 is 1.07. The Bertz CT molecular complexity index is 881. The van der Waals surface area contributed by atoms with Gasteiger partial charge >= 0.3 is 5.97 Å². The largest absolute Gasteiger partial charge is 0.455 e. The summed E-state index contributed by atoms with van der Waals surface area (Å²) in [5.41, 5.74) is 1.43. The van der Waals surface area contributed by atoms with Gasteiger partial charge < -0.3 is 15.0 Å². The highest BCUT2D eigenvalue weighted by Crippen LogP contribution is 2.24. The Morgan fingerprint density at radius 1 is 1.21 bits per heavy atom. The number of anilines is 1. The Labute approximate surface area is 167 Å². The number of esters is 1. The molecule has 0 unspecified atom stereocenters. The monoisotopic (exact) mass is 404 g/mol. The van der Waals surface area contributed by atoms with Crippen molar-refractivity contribution in [1.82, 2.24) is 13.6 Å². The molecule has 0 aliphatic carbocycles. The molecule has 1 aromatic carbocycles. The molecular formula is C19H24N4O4S. The van der Waals surface area contributed by atoms with Crippen molar-refractivity contribution in [3.05, 3.63) is 18.2 Å². The summed E-state index contributed by atoms with van der Waals surface area (Å²) in [6, 6.07) is 5.31. The van der Waals surface area contributed by atoms with Crippen molar-refractivity contribution in [3.63, 3.8) is 0 Å². The number of hydrogen-bond acceptors (Lipinski definition) is 7. The first-order valence-corrected chi connectivity index (χ1v) is 9.96. The number of nitrogens with one attached hydrogen (secondary N) is 1. The summed E-state index contributed by atoms with van der Waals surface area (Å²) in [6.45, 7) is 6.36. The predicted octanol–water partition coefficient (Wildman–Crippen LogP) is 2.46. The highest BCUT2D eigenvalue weighted by Gasteiger charge is 2.33. The molecule has 2 heterocycles. The van der Waals surface area contributed by atoms with Crippen LogP contribution in [-0.2, 0) is 19.1 Å². The molecule has 1 saturated heterocycles. The molecule has 0 saturated carbocycles. The number of aromatic nitrogens is 2. The molecule has 0 radical (unpaired) electrons. The predicted molar refractivity (Wildman–Crippen MR) is 106 cm³/mol. The maximum Gasteiger partial charge on any atom is 0.309 e. The van der Waals surface area contributed by atoms with Crippen LogP contribution in [0, 0.1) is 11.3 Å². The Morgan fingerprint density at radius 3 is 2.61 bits per heavy atom. The molecule has 1 N–H and O–H groups in total. The van der Waals surface area contributed by atoms with Crippen molar-refractivity contribution in [2.24, 2.45) is 11.3 Å². The van der Waals surface area contributed by atoms with E-state index >= 15 is 0 Å². The average molecular weight is 404 g/mol. The van der Waals surface area contributed by atoms with Gasteiger partial charge in [-0.2, -0.15) is 8.75 Å². The van der Waals surface area contributed by atoms with Crippen LogP contribution in [0.5, 0.6) is 0 Å². The highest BCUT2D eigenvalue weighted by molar-refractivity contribution is 7.00. The first kappa shape index (κ1) is 20.2. The first-order valence-electron chi connectivity index (χ1n) is 9.23. The number of ether oxygens (including phenoxy) is 1. The summed E-state index contributed by atoms with van der Waals surface area (Å²) in [5.74, 6) is -1.02. The van der Waals surface area contributed by atoms with E-state index in [-0.39, 0.29) is 18.4 Å². The van der Waals surface area contributed by atoms with Gasteiger partial charge in [0.15, 0.2) is 6.61 Å². The van der Waals surface area contributed by atoms with Gasteiger partial charge in [0.2, 0.25) is 5.91 Å². The number of fused-ring (bicyclic) bond motifs is 1. The molecule has 2 amide bonds. The van der Waals surface area contributed by atoms with E-state index in [9.17, 15) is 14.4 Å². The Morgan fingerprint density at radius 2 is 1.93 bits per heavy atom. The standard InChI is InChI=1S/C19H24N4O4S/c1-19(2,3)18(26)23-9-7-12(8-10-23)17(25)27-11-15(24)20-13-5-4-6-14-16(13)22-28-21-14/h4-6,12H,7-11H2,1-3H3,(H,20,24). The minimum absolute atomic E-state index is 0.0874. The van der Waals surface area contributed by atoms with E-state index in [2.05, 4.69) is 14.1 Å². The van der Waals surface area contributed by atoms with E-state index in [0.717, 1.165) is 11.7 Å². The van der Waals surface area contributed by atoms with Crippen LogP contribution in [0.15, 0.2) is 18.2 Å². The van der Waals surface area contributed by atoms with E-state index in [0.29, 0.717) is 42.7 Å². The van der Waals surface area contributed by atoms with Crippen LogP contribution in [0.1, 0.15) is 33.6 Å². The maximum atomic E-state index is 12.3. The van der Waals surface area contributed by atoms with E-state index in [1.165, 1.54) is 0 Å². The second-order valence-corrected chi connectivity index (χ2v) is 8.44. The third-order valence-corrected chi connectivity index (χ3v) is 5.21.